The van der Waals surface area contributed by atoms with E-state index in [1.807, 2.05) is 0 Å². The van der Waals surface area contributed by atoms with Crippen molar-refractivity contribution in [3.8, 4) is 5.75 Å². The fourth-order valence-corrected chi connectivity index (χ4v) is 5.52. The van der Waals surface area contributed by atoms with Crippen LogP contribution in [-0.4, -0.2) is 50.8 Å². The Morgan fingerprint density at radius 3 is 2.55 bits per heavy atom. The molecule has 2 aromatic rings. The number of nitrogens with zero attached hydrogens (tertiary/aromatic N) is 1. The molecule has 2 amide bonds. The first-order valence-corrected chi connectivity index (χ1v) is 12.2. The molecule has 0 saturated carbocycles. The van der Waals surface area contributed by atoms with Gasteiger partial charge in [0.2, 0.25) is 10.0 Å². The molecular weight excluding hydrogens is 449 g/mol. The smallest absolute Gasteiger partial charge is 0.309 e. The summed E-state index contributed by atoms with van der Waals surface area (Å²) in [5, 5.41) is 5.12. The third-order valence-electron chi connectivity index (χ3n) is 5.55. The lowest BCUT2D eigenvalue weighted by Crippen LogP contribution is -2.46. The maximum Gasteiger partial charge on any atom is 0.309 e. The second-order valence-corrected chi connectivity index (χ2v) is 9.69. The van der Waals surface area contributed by atoms with E-state index in [1.165, 1.54) is 16.4 Å². The van der Waals surface area contributed by atoms with Crippen LogP contribution in [0.3, 0.4) is 0 Å². The Bertz CT molecular complexity index is 1080. The van der Waals surface area contributed by atoms with Gasteiger partial charge in [-0.3, -0.25) is 9.59 Å². The number of rotatable bonds is 8. The molecule has 1 fully saturated rings. The highest BCUT2D eigenvalue weighted by Gasteiger charge is 2.33. The van der Waals surface area contributed by atoms with Gasteiger partial charge in [-0.2, -0.15) is 4.31 Å². The van der Waals surface area contributed by atoms with Gasteiger partial charge < -0.3 is 15.4 Å². The summed E-state index contributed by atoms with van der Waals surface area (Å²) >= 11 is 0. The molecule has 1 saturated heterocycles. The molecular formula is C23H28FN3O5S. The number of ether oxygens (including phenoxy) is 1. The summed E-state index contributed by atoms with van der Waals surface area (Å²) in [5.74, 6) is -1.39. The van der Waals surface area contributed by atoms with Crippen LogP contribution in [0.15, 0.2) is 53.4 Å². The summed E-state index contributed by atoms with van der Waals surface area (Å²) in [4.78, 5) is 24.3. The number of halogens is 1. The molecule has 0 radical (unpaired) electrons. The predicted octanol–water partition coefficient (Wildman–Crippen LogP) is 2.20. The van der Waals surface area contributed by atoms with Crippen LogP contribution in [0, 0.1) is 5.82 Å². The van der Waals surface area contributed by atoms with Crippen molar-refractivity contribution in [2.45, 2.75) is 43.2 Å². The van der Waals surface area contributed by atoms with E-state index in [1.54, 1.807) is 31.4 Å². The first-order valence-electron chi connectivity index (χ1n) is 10.8. The van der Waals surface area contributed by atoms with E-state index in [2.05, 4.69) is 10.6 Å². The third kappa shape index (κ3) is 6.52. The van der Waals surface area contributed by atoms with Gasteiger partial charge in [0.05, 0.1) is 12.0 Å². The minimum atomic E-state index is -3.78. The topological polar surface area (TPSA) is 105 Å². The summed E-state index contributed by atoms with van der Waals surface area (Å²) in [6.45, 7) is 0.695. The van der Waals surface area contributed by atoms with Crippen molar-refractivity contribution in [1.82, 2.24) is 14.9 Å². The molecule has 3 rings (SSSR count). The van der Waals surface area contributed by atoms with Crippen molar-refractivity contribution in [2.75, 3.05) is 20.2 Å². The summed E-state index contributed by atoms with van der Waals surface area (Å²) in [5.41, 5.74) is 0.791. The Labute approximate surface area is 193 Å². The average Bonchev–Trinajstić information content (AvgIpc) is 2.83. The van der Waals surface area contributed by atoms with Gasteiger partial charge in [0.15, 0.2) is 0 Å². The second kappa shape index (κ2) is 11.2. The highest BCUT2D eigenvalue weighted by Crippen LogP contribution is 2.27. The van der Waals surface area contributed by atoms with Crippen LogP contribution in [0.25, 0.3) is 0 Å². The van der Waals surface area contributed by atoms with E-state index in [9.17, 15) is 22.4 Å². The minimum absolute atomic E-state index is 0.0387. The molecule has 1 atom stereocenters. The molecule has 8 nitrogen and oxygen atoms in total. The zero-order valence-electron chi connectivity index (χ0n) is 18.4. The Balaban J connectivity index is 1.51. The highest BCUT2D eigenvalue weighted by molar-refractivity contribution is 7.89. The number of methoxy groups -OCH3 is 1. The van der Waals surface area contributed by atoms with Gasteiger partial charge in [-0.15, -0.1) is 0 Å². The SMILES string of the molecule is COc1cccc(CNC(=O)C(=O)NCC[C@H]2CCCCN2S(=O)(=O)c2ccc(F)cc2)c1. The zero-order chi connectivity index (χ0) is 23.8. The van der Waals surface area contributed by atoms with Gasteiger partial charge >= 0.3 is 11.8 Å². The van der Waals surface area contributed by atoms with Crippen molar-refractivity contribution in [1.29, 1.82) is 0 Å². The predicted molar refractivity (Wildman–Crippen MR) is 120 cm³/mol. The first kappa shape index (κ1) is 24.7. The number of hydrogen-bond acceptors (Lipinski definition) is 5. The van der Waals surface area contributed by atoms with E-state index >= 15 is 0 Å². The van der Waals surface area contributed by atoms with Crippen molar-refractivity contribution >= 4 is 21.8 Å². The monoisotopic (exact) mass is 477 g/mol. The highest BCUT2D eigenvalue weighted by atomic mass is 32.2. The molecule has 1 aliphatic heterocycles. The van der Waals surface area contributed by atoms with Crippen molar-refractivity contribution < 1.29 is 27.1 Å². The van der Waals surface area contributed by atoms with Crippen LogP contribution in [0.5, 0.6) is 5.75 Å². The molecule has 0 aliphatic carbocycles. The summed E-state index contributed by atoms with van der Waals surface area (Å²) in [6, 6.07) is 11.6. The Morgan fingerprint density at radius 1 is 1.09 bits per heavy atom. The standard InChI is InChI=1S/C23H28FN3O5S/c1-32-20-7-4-5-17(15-20)16-26-23(29)22(28)25-13-12-19-6-2-3-14-27(19)33(30,31)21-10-8-18(24)9-11-21/h4-5,7-11,15,19H,2-3,6,12-14,16H2,1H3,(H,25,28)(H,26,29)/t19-/m1/s1. The molecule has 1 aliphatic rings. The number of carbonyl (C=O) groups excluding carboxylic acids is 2. The normalized spacial score (nSPS) is 16.7. The average molecular weight is 478 g/mol. The molecule has 2 aromatic carbocycles. The summed E-state index contributed by atoms with van der Waals surface area (Å²) < 4.78 is 45.8. The van der Waals surface area contributed by atoms with E-state index in [0.717, 1.165) is 30.5 Å². The van der Waals surface area contributed by atoms with E-state index in [4.69, 9.17) is 4.74 Å². The van der Waals surface area contributed by atoms with Crippen molar-refractivity contribution in [3.05, 3.63) is 59.9 Å². The quantitative estimate of drug-likeness (QED) is 0.567. The molecule has 2 N–H and O–H groups in total. The van der Waals surface area contributed by atoms with Gasteiger partial charge in [-0.05, 0) is 61.2 Å². The zero-order valence-corrected chi connectivity index (χ0v) is 19.2. The number of hydrogen-bond donors (Lipinski definition) is 2. The van der Waals surface area contributed by atoms with E-state index in [0.29, 0.717) is 25.1 Å². The Morgan fingerprint density at radius 2 is 1.82 bits per heavy atom. The number of amides is 2. The van der Waals surface area contributed by atoms with Crippen molar-refractivity contribution in [3.63, 3.8) is 0 Å². The van der Waals surface area contributed by atoms with Crippen LogP contribution in [-0.2, 0) is 26.2 Å². The largest absolute Gasteiger partial charge is 0.497 e. The molecule has 0 bridgehead atoms. The third-order valence-corrected chi connectivity index (χ3v) is 7.52. The van der Waals surface area contributed by atoms with E-state index < -0.39 is 27.7 Å². The van der Waals surface area contributed by atoms with Crippen LogP contribution in [0.1, 0.15) is 31.2 Å². The Kier molecular flexibility index (Phi) is 8.40. The number of piperidine rings is 1. The molecule has 0 unspecified atom stereocenters. The number of benzene rings is 2. The fourth-order valence-electron chi connectivity index (χ4n) is 3.80. The first-order chi connectivity index (χ1) is 15.8. The van der Waals surface area contributed by atoms with Gasteiger partial charge in [-0.1, -0.05) is 18.6 Å². The van der Waals surface area contributed by atoms with Gasteiger partial charge in [-0.25, -0.2) is 12.8 Å². The molecule has 0 spiro atoms. The van der Waals surface area contributed by atoms with Crippen LogP contribution in [0.2, 0.25) is 0 Å². The molecule has 0 aromatic heterocycles. The van der Waals surface area contributed by atoms with Gasteiger partial charge in [0.1, 0.15) is 11.6 Å². The van der Waals surface area contributed by atoms with Crippen LogP contribution >= 0.6 is 0 Å². The van der Waals surface area contributed by atoms with Crippen LogP contribution in [0.4, 0.5) is 4.39 Å². The lowest BCUT2D eigenvalue weighted by Gasteiger charge is -2.34. The minimum Gasteiger partial charge on any atom is -0.497 e. The summed E-state index contributed by atoms with van der Waals surface area (Å²) in [7, 11) is -2.23. The lowest BCUT2D eigenvalue weighted by molar-refractivity contribution is -0.139. The Hall–Kier alpha value is -2.98. The number of nitrogens with one attached hydrogen (secondary N) is 2. The number of sulfonamides is 1. The maximum absolute atomic E-state index is 13.2. The number of carbonyl (C=O) groups is 2. The molecule has 178 valence electrons. The molecule has 33 heavy (non-hydrogen) atoms. The van der Waals surface area contributed by atoms with E-state index in [-0.39, 0.29) is 24.0 Å². The molecule has 10 heteroatoms. The summed E-state index contributed by atoms with van der Waals surface area (Å²) in [6.07, 6.45) is 2.62. The van der Waals surface area contributed by atoms with Gasteiger partial charge in [0, 0.05) is 25.7 Å². The van der Waals surface area contributed by atoms with Gasteiger partial charge in [0.25, 0.3) is 0 Å². The lowest BCUT2D eigenvalue weighted by atomic mass is 10.0. The fraction of sp³-hybridized carbons (Fsp3) is 0.391. The maximum atomic E-state index is 13.2. The van der Waals surface area contributed by atoms with Crippen LogP contribution < -0.4 is 15.4 Å². The van der Waals surface area contributed by atoms with Crippen molar-refractivity contribution in [2.24, 2.45) is 0 Å². The second-order valence-electron chi connectivity index (χ2n) is 7.80. The molecule has 1 heterocycles.